The van der Waals surface area contributed by atoms with E-state index in [4.69, 9.17) is 9.47 Å². The number of rotatable bonds is 5. The van der Waals surface area contributed by atoms with E-state index in [1.54, 1.807) is 32.5 Å². The van der Waals surface area contributed by atoms with Crippen LogP contribution in [0.5, 0.6) is 11.5 Å². The molecule has 2 heterocycles. The Morgan fingerprint density at radius 1 is 1.20 bits per heavy atom. The van der Waals surface area contributed by atoms with Gasteiger partial charge in [0.25, 0.3) is 5.91 Å². The monoisotopic (exact) mass is 355 g/mol. The molecule has 6 nitrogen and oxygen atoms in total. The summed E-state index contributed by atoms with van der Waals surface area (Å²) in [5, 5.41) is 3.33. The average Bonchev–Trinajstić information content (AvgIpc) is 3.01. The van der Waals surface area contributed by atoms with Crippen molar-refractivity contribution in [3.05, 3.63) is 53.2 Å². The summed E-state index contributed by atoms with van der Waals surface area (Å²) >= 11 is 1.41. The van der Waals surface area contributed by atoms with Crippen LogP contribution in [0.15, 0.2) is 42.7 Å². The summed E-state index contributed by atoms with van der Waals surface area (Å²) in [4.78, 5) is 21.7. The van der Waals surface area contributed by atoms with Crippen molar-refractivity contribution in [2.75, 3.05) is 19.5 Å². The van der Waals surface area contributed by atoms with Crippen LogP contribution in [-0.2, 0) is 0 Å². The first-order valence-corrected chi connectivity index (χ1v) is 8.35. The van der Waals surface area contributed by atoms with E-state index >= 15 is 0 Å². The van der Waals surface area contributed by atoms with E-state index in [0.717, 1.165) is 16.1 Å². The molecule has 0 saturated heterocycles. The highest BCUT2D eigenvalue weighted by molar-refractivity contribution is 7.16. The number of carbonyl (C=O) groups is 1. The van der Waals surface area contributed by atoms with Gasteiger partial charge in [0.1, 0.15) is 11.5 Å². The molecule has 0 unspecified atom stereocenters. The van der Waals surface area contributed by atoms with Crippen LogP contribution in [0.3, 0.4) is 0 Å². The minimum atomic E-state index is -0.244. The second-order valence-corrected chi connectivity index (χ2v) is 6.39. The molecule has 2 aromatic heterocycles. The second-order valence-electron chi connectivity index (χ2n) is 5.19. The fraction of sp³-hybridized carbons (Fsp3) is 0.167. The Morgan fingerprint density at radius 3 is 2.72 bits per heavy atom. The van der Waals surface area contributed by atoms with Crippen molar-refractivity contribution in [3.8, 4) is 22.8 Å². The lowest BCUT2D eigenvalue weighted by Gasteiger charge is -2.09. The first-order valence-electron chi connectivity index (χ1n) is 7.53. The number of benzene rings is 1. The minimum absolute atomic E-state index is 0.244. The van der Waals surface area contributed by atoms with Crippen molar-refractivity contribution in [1.82, 2.24) is 9.97 Å². The van der Waals surface area contributed by atoms with Crippen molar-refractivity contribution < 1.29 is 14.3 Å². The number of nitrogens with zero attached hydrogens (tertiary/aromatic N) is 2. The van der Waals surface area contributed by atoms with E-state index in [1.807, 2.05) is 25.1 Å². The highest BCUT2D eigenvalue weighted by Crippen LogP contribution is 2.38. The number of aryl methyl sites for hydroxylation is 1. The van der Waals surface area contributed by atoms with Crippen molar-refractivity contribution in [1.29, 1.82) is 0 Å². The van der Waals surface area contributed by atoms with E-state index in [1.165, 1.54) is 17.5 Å². The molecule has 0 aliphatic carbocycles. The zero-order valence-corrected chi connectivity index (χ0v) is 14.9. The van der Waals surface area contributed by atoms with Crippen LogP contribution in [0.25, 0.3) is 11.3 Å². The Bertz CT molecular complexity index is 894. The van der Waals surface area contributed by atoms with Gasteiger partial charge >= 0.3 is 0 Å². The molecule has 0 atom stereocenters. The lowest BCUT2D eigenvalue weighted by atomic mass is 10.1. The van der Waals surface area contributed by atoms with E-state index in [9.17, 15) is 4.79 Å². The van der Waals surface area contributed by atoms with Crippen LogP contribution in [-0.4, -0.2) is 30.1 Å². The van der Waals surface area contributed by atoms with E-state index < -0.39 is 0 Å². The summed E-state index contributed by atoms with van der Waals surface area (Å²) in [5.74, 6) is 1.16. The number of hydrogen-bond donors (Lipinski definition) is 1. The molecule has 25 heavy (non-hydrogen) atoms. The smallest absolute Gasteiger partial charge is 0.259 e. The number of aromatic nitrogens is 2. The molecule has 0 spiro atoms. The zero-order valence-electron chi connectivity index (χ0n) is 14.1. The summed E-state index contributed by atoms with van der Waals surface area (Å²) in [6.07, 6.45) is 3.14. The predicted molar refractivity (Wildman–Crippen MR) is 97.6 cm³/mol. The van der Waals surface area contributed by atoms with Crippen molar-refractivity contribution in [2.45, 2.75) is 6.92 Å². The Labute approximate surface area is 149 Å². The van der Waals surface area contributed by atoms with Gasteiger partial charge in [0.15, 0.2) is 5.13 Å². The van der Waals surface area contributed by atoms with E-state index in [2.05, 4.69) is 15.3 Å². The van der Waals surface area contributed by atoms with Gasteiger partial charge < -0.3 is 9.47 Å². The molecule has 1 amide bonds. The molecule has 0 bridgehead atoms. The quantitative estimate of drug-likeness (QED) is 0.754. The molecular weight excluding hydrogens is 338 g/mol. The summed E-state index contributed by atoms with van der Waals surface area (Å²) in [6.45, 7) is 1.95. The van der Waals surface area contributed by atoms with Crippen molar-refractivity contribution in [2.24, 2.45) is 0 Å². The van der Waals surface area contributed by atoms with Gasteiger partial charge in [-0.3, -0.25) is 15.1 Å². The van der Waals surface area contributed by atoms with Crippen LogP contribution >= 0.6 is 11.3 Å². The minimum Gasteiger partial charge on any atom is -0.497 e. The fourth-order valence-electron chi connectivity index (χ4n) is 2.37. The maximum atomic E-state index is 12.3. The van der Waals surface area contributed by atoms with Gasteiger partial charge in [0, 0.05) is 22.8 Å². The first kappa shape index (κ1) is 16.9. The number of anilines is 1. The third-order valence-electron chi connectivity index (χ3n) is 3.60. The fourth-order valence-corrected chi connectivity index (χ4v) is 3.19. The van der Waals surface area contributed by atoms with Gasteiger partial charge in [-0.05, 0) is 37.3 Å². The molecule has 0 aliphatic rings. The van der Waals surface area contributed by atoms with Crippen LogP contribution < -0.4 is 14.8 Å². The highest BCUT2D eigenvalue weighted by atomic mass is 32.1. The lowest BCUT2D eigenvalue weighted by Crippen LogP contribution is -2.11. The SMILES string of the molecule is COc1ccc(OC)c(-c2nc(NC(=O)c3cccnc3)sc2C)c1. The van der Waals surface area contributed by atoms with Gasteiger partial charge in [0.05, 0.1) is 25.5 Å². The van der Waals surface area contributed by atoms with Gasteiger partial charge in [0.2, 0.25) is 0 Å². The summed E-state index contributed by atoms with van der Waals surface area (Å²) in [7, 11) is 3.22. The normalized spacial score (nSPS) is 10.4. The van der Waals surface area contributed by atoms with Crippen LogP contribution in [0.2, 0.25) is 0 Å². The molecule has 1 aromatic carbocycles. The number of thiazole rings is 1. The standard InChI is InChI=1S/C18H17N3O3S/c1-11-16(14-9-13(23-2)6-7-15(14)24-3)20-18(25-11)21-17(22)12-5-4-8-19-10-12/h4-10H,1-3H3,(H,20,21,22). The molecule has 0 radical (unpaired) electrons. The van der Waals surface area contributed by atoms with Crippen LogP contribution in [0.4, 0.5) is 5.13 Å². The Balaban J connectivity index is 1.92. The Hall–Kier alpha value is -2.93. The van der Waals surface area contributed by atoms with Crippen LogP contribution in [0, 0.1) is 6.92 Å². The summed E-state index contributed by atoms with van der Waals surface area (Å²) < 4.78 is 10.7. The third-order valence-corrected chi connectivity index (χ3v) is 4.49. The molecule has 7 heteroatoms. The third kappa shape index (κ3) is 3.61. The number of hydrogen-bond acceptors (Lipinski definition) is 6. The van der Waals surface area contributed by atoms with Crippen molar-refractivity contribution in [3.63, 3.8) is 0 Å². The molecule has 0 fully saturated rings. The van der Waals surface area contributed by atoms with Crippen LogP contribution in [0.1, 0.15) is 15.2 Å². The predicted octanol–water partition coefficient (Wildman–Crippen LogP) is 3.78. The van der Waals surface area contributed by atoms with Crippen molar-refractivity contribution >= 4 is 22.4 Å². The summed E-state index contributed by atoms with van der Waals surface area (Å²) in [6, 6.07) is 8.95. The molecule has 3 aromatic rings. The van der Waals surface area contributed by atoms with E-state index in [0.29, 0.717) is 22.2 Å². The van der Waals surface area contributed by atoms with Gasteiger partial charge in [-0.1, -0.05) is 0 Å². The number of methoxy groups -OCH3 is 2. The Morgan fingerprint density at radius 2 is 2.04 bits per heavy atom. The topological polar surface area (TPSA) is 73.3 Å². The molecule has 1 N–H and O–H groups in total. The zero-order chi connectivity index (χ0) is 17.8. The van der Waals surface area contributed by atoms with E-state index in [-0.39, 0.29) is 5.91 Å². The number of nitrogens with one attached hydrogen (secondary N) is 1. The van der Waals surface area contributed by atoms with Gasteiger partial charge in [-0.2, -0.15) is 0 Å². The average molecular weight is 355 g/mol. The summed E-state index contributed by atoms with van der Waals surface area (Å²) in [5.41, 5.74) is 2.05. The molecule has 0 saturated carbocycles. The number of pyridine rings is 1. The largest absolute Gasteiger partial charge is 0.497 e. The lowest BCUT2D eigenvalue weighted by molar-refractivity contribution is 0.102. The molecule has 128 valence electrons. The van der Waals surface area contributed by atoms with Gasteiger partial charge in [-0.25, -0.2) is 4.98 Å². The number of amides is 1. The number of carbonyl (C=O) groups excluding carboxylic acids is 1. The molecular formula is C18H17N3O3S. The molecule has 3 rings (SSSR count). The number of ether oxygens (including phenoxy) is 2. The second kappa shape index (κ2) is 7.31. The maximum Gasteiger partial charge on any atom is 0.259 e. The molecule has 0 aliphatic heterocycles. The van der Waals surface area contributed by atoms with Gasteiger partial charge in [-0.15, -0.1) is 11.3 Å². The first-order chi connectivity index (χ1) is 12.1. The Kier molecular flexibility index (Phi) is 4.95. The maximum absolute atomic E-state index is 12.3. The highest BCUT2D eigenvalue weighted by Gasteiger charge is 2.17.